The van der Waals surface area contributed by atoms with E-state index in [1.807, 2.05) is 4.90 Å². The molecular formula is C12H25Cl2N3O2. The molecule has 2 aliphatic heterocycles. The average molecular weight is 314 g/mol. The smallest absolute Gasteiger partial charge is 0.253 e. The van der Waals surface area contributed by atoms with E-state index in [0.29, 0.717) is 6.04 Å². The van der Waals surface area contributed by atoms with E-state index in [2.05, 4.69) is 11.8 Å². The summed E-state index contributed by atoms with van der Waals surface area (Å²) in [6.07, 6.45) is 1.98. The van der Waals surface area contributed by atoms with Crippen LogP contribution < -0.4 is 5.73 Å². The second kappa shape index (κ2) is 8.27. The predicted octanol–water partition coefficient (Wildman–Crippen LogP) is 0.499. The van der Waals surface area contributed by atoms with Gasteiger partial charge in [-0.15, -0.1) is 24.8 Å². The van der Waals surface area contributed by atoms with Crippen molar-refractivity contribution < 1.29 is 9.53 Å². The van der Waals surface area contributed by atoms with E-state index in [0.717, 1.165) is 13.1 Å². The van der Waals surface area contributed by atoms with Crippen LogP contribution in [0.2, 0.25) is 0 Å². The summed E-state index contributed by atoms with van der Waals surface area (Å²) in [5.74, 6) is 0.0500. The zero-order valence-electron chi connectivity index (χ0n) is 11.6. The van der Waals surface area contributed by atoms with Crippen LogP contribution in [0, 0.1) is 0 Å². The van der Waals surface area contributed by atoms with Gasteiger partial charge in [0.2, 0.25) is 0 Å². The summed E-state index contributed by atoms with van der Waals surface area (Å²) in [6.45, 7) is 5.36. The van der Waals surface area contributed by atoms with E-state index in [1.165, 1.54) is 19.4 Å². The maximum absolute atomic E-state index is 12.3. The van der Waals surface area contributed by atoms with Crippen LogP contribution >= 0.6 is 24.8 Å². The minimum absolute atomic E-state index is 0. The van der Waals surface area contributed by atoms with Crippen molar-refractivity contribution in [1.82, 2.24) is 9.80 Å². The molecule has 2 rings (SSSR count). The standard InChI is InChI=1S/C12H23N3O2.2ClH/c1-9-7-14-5-3-4-10(14)8-15(9)12(16)11(6-13)17-2;;/h9-11H,3-8,13H2,1-2H3;2*1H. The lowest BCUT2D eigenvalue weighted by atomic mass is 10.1. The molecule has 5 nitrogen and oxygen atoms in total. The molecule has 3 atom stereocenters. The molecule has 0 aliphatic carbocycles. The molecule has 0 spiro atoms. The Morgan fingerprint density at radius 2 is 2.11 bits per heavy atom. The van der Waals surface area contributed by atoms with Gasteiger partial charge in [-0.2, -0.15) is 0 Å². The molecule has 2 heterocycles. The molecule has 2 fully saturated rings. The zero-order chi connectivity index (χ0) is 12.4. The molecule has 7 heteroatoms. The largest absolute Gasteiger partial charge is 0.370 e. The van der Waals surface area contributed by atoms with Crippen LogP contribution in [0.25, 0.3) is 0 Å². The van der Waals surface area contributed by atoms with Gasteiger partial charge >= 0.3 is 0 Å². The minimum atomic E-state index is -0.481. The van der Waals surface area contributed by atoms with Crippen molar-refractivity contribution in [1.29, 1.82) is 0 Å². The number of fused-ring (bicyclic) bond motifs is 1. The SMILES string of the molecule is COC(CN)C(=O)N1CC2CCCN2CC1C.Cl.Cl. The molecule has 19 heavy (non-hydrogen) atoms. The third-order valence-corrected chi connectivity index (χ3v) is 3.99. The van der Waals surface area contributed by atoms with Crippen molar-refractivity contribution in [3.63, 3.8) is 0 Å². The molecule has 0 saturated carbocycles. The van der Waals surface area contributed by atoms with Crippen LogP contribution in [-0.4, -0.2) is 67.2 Å². The van der Waals surface area contributed by atoms with E-state index in [9.17, 15) is 4.79 Å². The number of hydrogen-bond acceptors (Lipinski definition) is 4. The predicted molar refractivity (Wildman–Crippen MR) is 80.1 cm³/mol. The number of carbonyl (C=O) groups is 1. The van der Waals surface area contributed by atoms with Gasteiger partial charge in [0.1, 0.15) is 6.10 Å². The quantitative estimate of drug-likeness (QED) is 0.824. The summed E-state index contributed by atoms with van der Waals surface area (Å²) in [6, 6.07) is 0.812. The number of hydrogen-bond donors (Lipinski definition) is 1. The highest BCUT2D eigenvalue weighted by Crippen LogP contribution is 2.25. The minimum Gasteiger partial charge on any atom is -0.370 e. The molecule has 0 radical (unpaired) electrons. The molecule has 0 aromatic rings. The number of rotatable bonds is 3. The Morgan fingerprint density at radius 3 is 2.68 bits per heavy atom. The van der Waals surface area contributed by atoms with E-state index in [-0.39, 0.29) is 43.3 Å². The first-order valence-corrected chi connectivity index (χ1v) is 6.44. The molecule has 2 N–H and O–H groups in total. The number of piperazine rings is 1. The van der Waals surface area contributed by atoms with Crippen molar-refractivity contribution >= 4 is 30.7 Å². The Hall–Kier alpha value is -0.0700. The summed E-state index contributed by atoms with van der Waals surface area (Å²) in [5.41, 5.74) is 5.56. The van der Waals surface area contributed by atoms with Gasteiger partial charge in [0.15, 0.2) is 0 Å². The van der Waals surface area contributed by atoms with Crippen molar-refractivity contribution in [2.24, 2.45) is 5.73 Å². The molecule has 0 aromatic heterocycles. The molecule has 0 aromatic carbocycles. The second-order valence-electron chi connectivity index (χ2n) is 5.09. The molecule has 2 saturated heterocycles. The third-order valence-electron chi connectivity index (χ3n) is 3.99. The molecule has 0 bridgehead atoms. The number of amides is 1. The van der Waals surface area contributed by atoms with Gasteiger partial charge in [-0.1, -0.05) is 0 Å². The van der Waals surface area contributed by atoms with E-state index < -0.39 is 6.10 Å². The number of carbonyl (C=O) groups excluding carboxylic acids is 1. The Bertz CT molecular complexity index is 290. The first kappa shape index (κ1) is 18.9. The molecule has 114 valence electrons. The highest BCUT2D eigenvalue weighted by molar-refractivity contribution is 5.85. The summed E-state index contributed by atoms with van der Waals surface area (Å²) in [4.78, 5) is 16.7. The Balaban J connectivity index is 0.00000162. The fourth-order valence-corrected chi connectivity index (χ4v) is 2.98. The lowest BCUT2D eigenvalue weighted by Gasteiger charge is -2.43. The van der Waals surface area contributed by atoms with E-state index in [4.69, 9.17) is 10.5 Å². The van der Waals surface area contributed by atoms with Gasteiger partial charge in [0.25, 0.3) is 5.91 Å². The van der Waals surface area contributed by atoms with Gasteiger partial charge in [-0.3, -0.25) is 9.69 Å². The number of ether oxygens (including phenoxy) is 1. The summed E-state index contributed by atoms with van der Waals surface area (Å²) in [5, 5.41) is 0. The summed E-state index contributed by atoms with van der Waals surface area (Å²) >= 11 is 0. The van der Waals surface area contributed by atoms with Crippen LogP contribution in [0.15, 0.2) is 0 Å². The lowest BCUT2D eigenvalue weighted by Crippen LogP contribution is -2.59. The van der Waals surface area contributed by atoms with Gasteiger partial charge in [-0.05, 0) is 26.3 Å². The molecule has 2 aliphatic rings. The highest BCUT2D eigenvalue weighted by atomic mass is 35.5. The fraction of sp³-hybridized carbons (Fsp3) is 0.917. The topological polar surface area (TPSA) is 58.8 Å². The normalized spacial score (nSPS) is 28.1. The number of nitrogens with zero attached hydrogens (tertiary/aromatic N) is 2. The molecule has 3 unspecified atom stereocenters. The Labute approximate surface area is 127 Å². The van der Waals surface area contributed by atoms with Gasteiger partial charge < -0.3 is 15.4 Å². The van der Waals surface area contributed by atoms with Gasteiger partial charge in [-0.25, -0.2) is 0 Å². The van der Waals surface area contributed by atoms with E-state index in [1.54, 1.807) is 7.11 Å². The third kappa shape index (κ3) is 3.95. The van der Waals surface area contributed by atoms with Gasteiger partial charge in [0.05, 0.1) is 0 Å². The number of halogens is 2. The van der Waals surface area contributed by atoms with Crippen molar-refractivity contribution in [3.8, 4) is 0 Å². The maximum Gasteiger partial charge on any atom is 0.253 e. The van der Waals surface area contributed by atoms with Crippen molar-refractivity contribution in [3.05, 3.63) is 0 Å². The van der Waals surface area contributed by atoms with Crippen LogP contribution in [0.3, 0.4) is 0 Å². The van der Waals surface area contributed by atoms with E-state index >= 15 is 0 Å². The molecular weight excluding hydrogens is 289 g/mol. The van der Waals surface area contributed by atoms with Gasteiger partial charge in [0, 0.05) is 38.8 Å². The van der Waals surface area contributed by atoms with Crippen molar-refractivity contribution in [2.45, 2.75) is 38.0 Å². The Morgan fingerprint density at radius 1 is 1.42 bits per heavy atom. The first-order chi connectivity index (χ1) is 8.17. The van der Waals surface area contributed by atoms with Crippen LogP contribution in [0.5, 0.6) is 0 Å². The molecule has 1 amide bonds. The van der Waals surface area contributed by atoms with Crippen LogP contribution in [0.1, 0.15) is 19.8 Å². The monoisotopic (exact) mass is 313 g/mol. The number of nitrogens with two attached hydrogens (primary N) is 1. The highest BCUT2D eigenvalue weighted by Gasteiger charge is 2.38. The first-order valence-electron chi connectivity index (χ1n) is 6.44. The summed E-state index contributed by atoms with van der Waals surface area (Å²) in [7, 11) is 1.55. The maximum atomic E-state index is 12.3. The number of methoxy groups -OCH3 is 1. The van der Waals surface area contributed by atoms with Crippen LogP contribution in [0.4, 0.5) is 0 Å². The Kier molecular flexibility index (Phi) is 8.24. The second-order valence-corrected chi connectivity index (χ2v) is 5.09. The lowest BCUT2D eigenvalue weighted by molar-refractivity contribution is -0.147. The zero-order valence-corrected chi connectivity index (χ0v) is 13.2. The fourth-order valence-electron chi connectivity index (χ4n) is 2.98. The van der Waals surface area contributed by atoms with Crippen LogP contribution in [-0.2, 0) is 9.53 Å². The summed E-state index contributed by atoms with van der Waals surface area (Å²) < 4.78 is 5.14. The van der Waals surface area contributed by atoms with Crippen molar-refractivity contribution in [2.75, 3.05) is 33.3 Å². The average Bonchev–Trinajstić information content (AvgIpc) is 2.76.